The summed E-state index contributed by atoms with van der Waals surface area (Å²) in [6.07, 6.45) is 1.19. The molecule has 0 amide bonds. The molecule has 2 nitrogen and oxygen atoms in total. The van der Waals surface area contributed by atoms with E-state index in [9.17, 15) is 0 Å². The van der Waals surface area contributed by atoms with E-state index < -0.39 is 0 Å². The van der Waals surface area contributed by atoms with Crippen molar-refractivity contribution in [1.82, 2.24) is 5.06 Å². The van der Waals surface area contributed by atoms with E-state index in [0.717, 1.165) is 17.0 Å². The van der Waals surface area contributed by atoms with Crippen molar-refractivity contribution in [1.29, 1.82) is 0 Å². The minimum Gasteiger partial charge on any atom is -0.291 e. The van der Waals surface area contributed by atoms with Crippen LogP contribution in [0.4, 0.5) is 0 Å². The molecule has 1 saturated heterocycles. The van der Waals surface area contributed by atoms with Crippen LogP contribution in [-0.4, -0.2) is 18.2 Å². The summed E-state index contributed by atoms with van der Waals surface area (Å²) < 4.78 is 0. The van der Waals surface area contributed by atoms with Crippen molar-refractivity contribution in [3.8, 4) is 0 Å². The number of nitrogens with zero attached hydrogens (tertiary/aromatic N) is 1. The number of hydrogen-bond donors (Lipinski definition) is 0. The molecular formula is C11H14ClNO. The first-order valence-electron chi connectivity index (χ1n) is 4.82. The van der Waals surface area contributed by atoms with Crippen LogP contribution in [0.15, 0.2) is 24.3 Å². The van der Waals surface area contributed by atoms with Crippen molar-refractivity contribution in [3.63, 3.8) is 0 Å². The highest BCUT2D eigenvalue weighted by molar-refractivity contribution is 6.30. The summed E-state index contributed by atoms with van der Waals surface area (Å²) in [5, 5.41) is 2.68. The number of benzene rings is 1. The maximum Gasteiger partial charge on any atom is 0.106 e. The van der Waals surface area contributed by atoms with Gasteiger partial charge < -0.3 is 0 Å². The van der Waals surface area contributed by atoms with Gasteiger partial charge in [-0.2, -0.15) is 5.06 Å². The zero-order chi connectivity index (χ0) is 10.1. The normalized spacial score (nSPS) is 28.2. The maximum atomic E-state index is 5.93. The molecule has 0 spiro atoms. The summed E-state index contributed by atoms with van der Waals surface area (Å²) in [5.74, 6) is 0. The summed E-state index contributed by atoms with van der Waals surface area (Å²) >= 11 is 5.93. The van der Waals surface area contributed by atoms with Gasteiger partial charge in [0.2, 0.25) is 0 Å². The van der Waals surface area contributed by atoms with Crippen LogP contribution in [-0.2, 0) is 4.84 Å². The molecule has 1 fully saturated rings. The highest BCUT2D eigenvalue weighted by atomic mass is 35.5. The summed E-state index contributed by atoms with van der Waals surface area (Å²) in [7, 11) is 1.97. The summed E-state index contributed by atoms with van der Waals surface area (Å²) in [6, 6.07) is 8.34. The molecule has 1 unspecified atom stereocenters. The van der Waals surface area contributed by atoms with Gasteiger partial charge in [-0.05, 0) is 31.0 Å². The molecule has 0 bridgehead atoms. The molecule has 0 radical (unpaired) electrons. The highest BCUT2D eigenvalue weighted by Gasteiger charge is 2.28. The second-order valence-electron chi connectivity index (χ2n) is 3.78. The van der Waals surface area contributed by atoms with E-state index in [4.69, 9.17) is 16.4 Å². The average molecular weight is 212 g/mol. The van der Waals surface area contributed by atoms with Gasteiger partial charge in [0.1, 0.15) is 6.10 Å². The molecule has 1 heterocycles. The van der Waals surface area contributed by atoms with Crippen LogP contribution in [0.2, 0.25) is 5.02 Å². The minimum atomic E-state index is 0.161. The number of hydrogen-bond acceptors (Lipinski definition) is 2. The SMILES string of the molecule is CC1C[C@H](c2cccc(Cl)c2)ON1C. The van der Waals surface area contributed by atoms with Crippen molar-refractivity contribution in [2.75, 3.05) is 7.05 Å². The lowest BCUT2D eigenvalue weighted by molar-refractivity contribution is -0.142. The van der Waals surface area contributed by atoms with E-state index in [1.165, 1.54) is 0 Å². The Balaban J connectivity index is 2.17. The maximum absolute atomic E-state index is 5.93. The molecule has 0 N–H and O–H groups in total. The molecule has 0 aromatic heterocycles. The van der Waals surface area contributed by atoms with Crippen molar-refractivity contribution < 1.29 is 4.84 Å². The third kappa shape index (κ3) is 1.92. The Hall–Kier alpha value is -0.570. The quantitative estimate of drug-likeness (QED) is 0.708. The first kappa shape index (κ1) is 9.97. The van der Waals surface area contributed by atoms with Crippen molar-refractivity contribution >= 4 is 11.6 Å². The monoisotopic (exact) mass is 211 g/mol. The van der Waals surface area contributed by atoms with E-state index in [0.29, 0.717) is 6.04 Å². The lowest BCUT2D eigenvalue weighted by atomic mass is 10.0. The van der Waals surface area contributed by atoms with Crippen LogP contribution in [0.25, 0.3) is 0 Å². The van der Waals surface area contributed by atoms with Crippen molar-refractivity contribution in [2.24, 2.45) is 0 Å². The van der Waals surface area contributed by atoms with Crippen molar-refractivity contribution in [2.45, 2.75) is 25.5 Å². The van der Waals surface area contributed by atoms with Crippen LogP contribution in [0, 0.1) is 0 Å². The molecule has 1 aliphatic rings. The Morgan fingerprint density at radius 3 is 2.86 bits per heavy atom. The van der Waals surface area contributed by atoms with E-state index in [-0.39, 0.29) is 6.10 Å². The van der Waals surface area contributed by atoms with E-state index >= 15 is 0 Å². The number of halogens is 1. The largest absolute Gasteiger partial charge is 0.291 e. The van der Waals surface area contributed by atoms with Crippen LogP contribution in [0.1, 0.15) is 25.0 Å². The van der Waals surface area contributed by atoms with Gasteiger partial charge in [-0.15, -0.1) is 0 Å². The van der Waals surface area contributed by atoms with Gasteiger partial charge in [0, 0.05) is 18.1 Å². The smallest absolute Gasteiger partial charge is 0.106 e. The fraction of sp³-hybridized carbons (Fsp3) is 0.455. The summed E-state index contributed by atoms with van der Waals surface area (Å²) in [5.41, 5.74) is 1.16. The molecule has 1 aliphatic heterocycles. The molecule has 2 atom stereocenters. The van der Waals surface area contributed by atoms with Crippen LogP contribution in [0.3, 0.4) is 0 Å². The first-order chi connectivity index (χ1) is 6.66. The van der Waals surface area contributed by atoms with Crippen LogP contribution >= 0.6 is 11.6 Å². The first-order valence-corrected chi connectivity index (χ1v) is 5.19. The second kappa shape index (κ2) is 3.89. The molecule has 2 rings (SSSR count). The molecule has 76 valence electrons. The number of rotatable bonds is 1. The standard InChI is InChI=1S/C11H14ClNO/c1-8-6-11(14-13(8)2)9-4-3-5-10(12)7-9/h3-5,7-8,11H,6H2,1-2H3/t8?,11-/m1/s1. The topological polar surface area (TPSA) is 12.5 Å². The fourth-order valence-corrected chi connectivity index (χ4v) is 1.91. The predicted molar refractivity (Wildman–Crippen MR) is 57.1 cm³/mol. The predicted octanol–water partition coefficient (Wildman–Crippen LogP) is 3.04. The highest BCUT2D eigenvalue weighted by Crippen LogP contribution is 2.32. The van der Waals surface area contributed by atoms with Gasteiger partial charge in [0.25, 0.3) is 0 Å². The summed E-state index contributed by atoms with van der Waals surface area (Å²) in [6.45, 7) is 2.16. The van der Waals surface area contributed by atoms with E-state index in [2.05, 4.69) is 13.0 Å². The van der Waals surface area contributed by atoms with Gasteiger partial charge in [-0.3, -0.25) is 4.84 Å². The number of hydroxylamine groups is 2. The van der Waals surface area contributed by atoms with Crippen molar-refractivity contribution in [3.05, 3.63) is 34.9 Å². The summed E-state index contributed by atoms with van der Waals surface area (Å²) in [4.78, 5) is 5.69. The van der Waals surface area contributed by atoms with Crippen LogP contribution in [0.5, 0.6) is 0 Å². The van der Waals surface area contributed by atoms with E-state index in [1.54, 1.807) is 0 Å². The molecule has 0 aliphatic carbocycles. The zero-order valence-electron chi connectivity index (χ0n) is 8.40. The molecule has 1 aromatic carbocycles. The van der Waals surface area contributed by atoms with Gasteiger partial charge in [0.05, 0.1) is 0 Å². The van der Waals surface area contributed by atoms with Gasteiger partial charge in [-0.1, -0.05) is 23.7 Å². The Labute approximate surface area is 89.4 Å². The molecule has 1 aromatic rings. The Morgan fingerprint density at radius 1 is 1.50 bits per heavy atom. The molecule has 3 heteroatoms. The average Bonchev–Trinajstić information content (AvgIpc) is 2.47. The second-order valence-corrected chi connectivity index (χ2v) is 4.22. The molecular weight excluding hydrogens is 198 g/mol. The van der Waals surface area contributed by atoms with Gasteiger partial charge in [0.15, 0.2) is 0 Å². The molecule has 14 heavy (non-hydrogen) atoms. The molecule has 0 saturated carbocycles. The van der Waals surface area contributed by atoms with Gasteiger partial charge >= 0.3 is 0 Å². The Morgan fingerprint density at radius 2 is 2.29 bits per heavy atom. The van der Waals surface area contributed by atoms with Gasteiger partial charge in [-0.25, -0.2) is 0 Å². The third-order valence-corrected chi connectivity index (χ3v) is 2.92. The zero-order valence-corrected chi connectivity index (χ0v) is 9.16. The lowest BCUT2D eigenvalue weighted by Crippen LogP contribution is -2.19. The van der Waals surface area contributed by atoms with Crippen LogP contribution < -0.4 is 0 Å². The van der Waals surface area contributed by atoms with E-state index in [1.807, 2.05) is 30.3 Å². The Bertz CT molecular complexity index is 319. The third-order valence-electron chi connectivity index (χ3n) is 2.69. The Kier molecular flexibility index (Phi) is 2.77. The lowest BCUT2D eigenvalue weighted by Gasteiger charge is -2.13. The minimum absolute atomic E-state index is 0.161. The fourth-order valence-electron chi connectivity index (χ4n) is 1.71.